The molecular weight excluding hydrogens is 409 g/mol. The fourth-order valence-corrected chi connectivity index (χ4v) is 4.35. The number of carbonyl (C=O) groups is 1. The number of allylic oxidation sites excluding steroid dienone is 2. The maximum atomic E-state index is 12.1. The molecule has 0 aliphatic carbocycles. The lowest BCUT2D eigenvalue weighted by Gasteiger charge is -2.26. The van der Waals surface area contributed by atoms with Crippen LogP contribution in [-0.4, -0.2) is 47.1 Å². The average Bonchev–Trinajstić information content (AvgIpc) is 3.22. The Labute approximate surface area is 187 Å². The van der Waals surface area contributed by atoms with Gasteiger partial charge in [-0.2, -0.15) is 5.10 Å². The number of nitrogens with zero attached hydrogens (tertiary/aromatic N) is 3. The molecule has 1 saturated heterocycles. The number of hydrogen-bond donors (Lipinski definition) is 3. The van der Waals surface area contributed by atoms with Crippen molar-refractivity contribution in [2.24, 2.45) is 5.73 Å². The summed E-state index contributed by atoms with van der Waals surface area (Å²) in [7, 11) is -0.938. The third-order valence-electron chi connectivity index (χ3n) is 6.02. The number of nitrogens with one attached hydrogen (secondary N) is 1. The number of carbonyl (C=O) groups excluding carboxylic acids is 1. The number of ether oxygens (including phenoxy) is 1. The third-order valence-corrected chi connectivity index (χ3v) is 6.02. The first-order valence-electron chi connectivity index (χ1n) is 10.8. The summed E-state index contributed by atoms with van der Waals surface area (Å²) in [6.07, 6.45) is 3.63. The smallest absolute Gasteiger partial charge is 0.532 e. The van der Waals surface area contributed by atoms with Gasteiger partial charge in [-0.1, -0.05) is 13.8 Å². The fraction of sp³-hybridized carbons (Fsp3) is 0.409. The molecule has 2 aliphatic heterocycles. The van der Waals surface area contributed by atoms with Crippen molar-refractivity contribution in [2.75, 3.05) is 18.5 Å². The largest absolute Gasteiger partial charge is 0.556 e. The minimum absolute atomic E-state index is 0.240. The Morgan fingerprint density at radius 2 is 2.25 bits per heavy atom. The van der Waals surface area contributed by atoms with Crippen molar-refractivity contribution < 1.29 is 19.2 Å². The number of rotatable bonds is 6. The highest BCUT2D eigenvalue weighted by Crippen LogP contribution is 2.39. The van der Waals surface area contributed by atoms with Gasteiger partial charge in [0.1, 0.15) is 17.4 Å². The highest BCUT2D eigenvalue weighted by atomic mass is 16.5. The predicted molar refractivity (Wildman–Crippen MR) is 121 cm³/mol. The first-order chi connectivity index (χ1) is 15.5. The van der Waals surface area contributed by atoms with Gasteiger partial charge in [0.25, 0.3) is 5.91 Å². The monoisotopic (exact) mass is 435 g/mol. The summed E-state index contributed by atoms with van der Waals surface area (Å²) in [5.74, 6) is 0.319. The van der Waals surface area contributed by atoms with Crippen LogP contribution in [0, 0.1) is 6.57 Å². The van der Waals surface area contributed by atoms with Crippen LogP contribution in [0.4, 0.5) is 11.5 Å². The number of anilines is 2. The molecule has 4 rings (SSSR count). The second kappa shape index (κ2) is 9.06. The Kier molecular flexibility index (Phi) is 6.21. The molecule has 0 saturated carbocycles. The van der Waals surface area contributed by atoms with Crippen molar-refractivity contribution in [3.05, 3.63) is 52.4 Å². The van der Waals surface area contributed by atoms with E-state index in [2.05, 4.69) is 15.3 Å². The van der Waals surface area contributed by atoms with Crippen LogP contribution < -0.4 is 15.7 Å². The predicted octanol–water partition coefficient (Wildman–Crippen LogP) is 2.96. The molecule has 3 heterocycles. The van der Waals surface area contributed by atoms with Gasteiger partial charge in [-0.15, -0.1) is 0 Å². The van der Waals surface area contributed by atoms with Gasteiger partial charge in [-0.25, -0.2) is 6.57 Å². The van der Waals surface area contributed by atoms with E-state index in [1.54, 1.807) is 23.0 Å². The Hall–Kier alpha value is -3.29. The Morgan fingerprint density at radius 3 is 2.94 bits per heavy atom. The van der Waals surface area contributed by atoms with Crippen molar-refractivity contribution in [3.8, 4) is 5.75 Å². The number of fused-ring (bicyclic) bond motifs is 1. The van der Waals surface area contributed by atoms with Crippen LogP contribution >= 0.6 is 0 Å². The quantitative estimate of drug-likeness (QED) is 0.475. The zero-order valence-electron chi connectivity index (χ0n) is 18.2. The van der Waals surface area contributed by atoms with E-state index in [-0.39, 0.29) is 17.6 Å². The van der Waals surface area contributed by atoms with E-state index in [0.29, 0.717) is 43.3 Å². The van der Waals surface area contributed by atoms with Crippen LogP contribution in [0.1, 0.15) is 55.1 Å². The molecule has 2 unspecified atom stereocenters. The normalized spacial score (nSPS) is 20.4. The molecular formula is C22H26BN5O4. The lowest BCUT2D eigenvalue weighted by atomic mass is 9.70. The van der Waals surface area contributed by atoms with E-state index in [1.165, 1.54) is 0 Å². The number of hydrogen-bond acceptors (Lipinski definition) is 6. The number of nitrogens with two attached hydrogens (primary N) is 1. The average molecular weight is 435 g/mol. The highest BCUT2D eigenvalue weighted by molar-refractivity contribution is 6.55. The molecule has 166 valence electrons. The van der Waals surface area contributed by atoms with Crippen molar-refractivity contribution in [1.29, 1.82) is 0 Å². The van der Waals surface area contributed by atoms with Crippen molar-refractivity contribution in [1.82, 2.24) is 9.78 Å². The standard InChI is InChI=1S/C22H26BN5O4/c1-4-14-15-10-13(6-7-20(15)32-23(30)17(14)5-2)26-22-16(21(24)29)11-28(27-22)19-12-31-9-8-18(19)25-3/h6-7,10-11,18-19,30H,4-5,8-9,12H2,1-2H3,(H2,24,29)(H,26,27). The van der Waals surface area contributed by atoms with Crippen LogP contribution in [0.3, 0.4) is 0 Å². The first-order valence-corrected chi connectivity index (χ1v) is 10.8. The summed E-state index contributed by atoms with van der Waals surface area (Å²) >= 11 is 0. The summed E-state index contributed by atoms with van der Waals surface area (Å²) in [5, 5.41) is 18.0. The molecule has 2 atom stereocenters. The maximum Gasteiger partial charge on any atom is 0.556 e. The molecule has 0 spiro atoms. The van der Waals surface area contributed by atoms with Gasteiger partial charge in [-0.05, 0) is 42.1 Å². The highest BCUT2D eigenvalue weighted by Gasteiger charge is 2.34. The SMILES string of the molecule is [C-]#[N+]C1CCOCC1n1cc(C(N)=O)c(Nc2ccc3c(c2)C(CC)=C(CC)B(O)O3)n1. The summed E-state index contributed by atoms with van der Waals surface area (Å²) < 4.78 is 12.8. The Balaban J connectivity index is 1.68. The van der Waals surface area contributed by atoms with Gasteiger partial charge < -0.3 is 30.3 Å². The second-order valence-corrected chi connectivity index (χ2v) is 7.88. The van der Waals surface area contributed by atoms with Gasteiger partial charge in [-0.3, -0.25) is 9.48 Å². The first kappa shape index (κ1) is 21.9. The zero-order chi connectivity index (χ0) is 22.8. The molecule has 32 heavy (non-hydrogen) atoms. The molecule has 1 fully saturated rings. The van der Waals surface area contributed by atoms with E-state index >= 15 is 0 Å². The molecule has 0 radical (unpaired) electrons. The van der Waals surface area contributed by atoms with Crippen LogP contribution in [0.25, 0.3) is 10.4 Å². The Morgan fingerprint density at radius 1 is 1.44 bits per heavy atom. The summed E-state index contributed by atoms with van der Waals surface area (Å²) in [6, 6.07) is 4.95. The van der Waals surface area contributed by atoms with Gasteiger partial charge in [0.2, 0.25) is 6.04 Å². The number of amides is 1. The summed E-state index contributed by atoms with van der Waals surface area (Å²) in [6.45, 7) is 12.4. The number of benzene rings is 1. The van der Waals surface area contributed by atoms with E-state index in [1.807, 2.05) is 19.9 Å². The number of aromatic nitrogens is 2. The van der Waals surface area contributed by atoms with Crippen LogP contribution in [0.5, 0.6) is 5.75 Å². The fourth-order valence-electron chi connectivity index (χ4n) is 4.35. The van der Waals surface area contributed by atoms with E-state index < -0.39 is 13.0 Å². The third kappa shape index (κ3) is 3.97. The molecule has 2 aliphatic rings. The van der Waals surface area contributed by atoms with Crippen molar-refractivity contribution in [2.45, 2.75) is 45.2 Å². The molecule has 1 aromatic carbocycles. The van der Waals surface area contributed by atoms with Gasteiger partial charge in [0.05, 0.1) is 13.2 Å². The van der Waals surface area contributed by atoms with Crippen LogP contribution in [0.15, 0.2) is 29.9 Å². The van der Waals surface area contributed by atoms with Gasteiger partial charge in [0, 0.05) is 23.9 Å². The second-order valence-electron chi connectivity index (χ2n) is 7.88. The molecule has 10 heteroatoms. The lowest BCUT2D eigenvalue weighted by Crippen LogP contribution is -2.32. The molecule has 4 N–H and O–H groups in total. The van der Waals surface area contributed by atoms with E-state index in [4.69, 9.17) is 21.7 Å². The topological polar surface area (TPSA) is 116 Å². The minimum Gasteiger partial charge on any atom is -0.532 e. The van der Waals surface area contributed by atoms with E-state index in [9.17, 15) is 9.82 Å². The molecule has 1 aromatic heterocycles. The maximum absolute atomic E-state index is 12.1. The van der Waals surface area contributed by atoms with Crippen molar-refractivity contribution in [3.63, 3.8) is 0 Å². The molecule has 2 aromatic rings. The Bertz CT molecular complexity index is 1110. The minimum atomic E-state index is -0.938. The lowest BCUT2D eigenvalue weighted by molar-refractivity contribution is 0.0506. The van der Waals surface area contributed by atoms with Crippen molar-refractivity contribution >= 4 is 30.1 Å². The van der Waals surface area contributed by atoms with E-state index in [0.717, 1.165) is 23.0 Å². The molecule has 1 amide bonds. The van der Waals surface area contributed by atoms with Gasteiger partial charge in [0.15, 0.2) is 5.82 Å². The zero-order valence-corrected chi connectivity index (χ0v) is 18.2. The van der Waals surface area contributed by atoms with Gasteiger partial charge >= 0.3 is 7.12 Å². The van der Waals surface area contributed by atoms with Crippen LogP contribution in [0.2, 0.25) is 0 Å². The number of primary amides is 1. The van der Waals surface area contributed by atoms with Crippen LogP contribution in [-0.2, 0) is 4.74 Å². The molecule has 0 bridgehead atoms. The summed E-state index contributed by atoms with van der Waals surface area (Å²) in [5.41, 5.74) is 9.36. The summed E-state index contributed by atoms with van der Waals surface area (Å²) in [4.78, 5) is 15.8. The molecule has 9 nitrogen and oxygen atoms in total.